The van der Waals surface area contributed by atoms with Gasteiger partial charge in [-0.3, -0.25) is 0 Å². The molecule has 0 aliphatic heterocycles. The van der Waals surface area contributed by atoms with E-state index in [9.17, 15) is 0 Å². The van der Waals surface area contributed by atoms with Crippen LogP contribution in [-0.2, 0) is 14.2 Å². The fraction of sp³-hybridized carbons (Fsp3) is 1.00. The van der Waals surface area contributed by atoms with Gasteiger partial charge >= 0.3 is 0 Å². The summed E-state index contributed by atoms with van der Waals surface area (Å²) in [6.07, 6.45) is 2.98. The van der Waals surface area contributed by atoms with Gasteiger partial charge in [-0.2, -0.15) is 0 Å². The van der Waals surface area contributed by atoms with Crippen molar-refractivity contribution in [1.29, 1.82) is 0 Å². The minimum Gasteiger partial charge on any atom is -0.379 e. The molecule has 0 unspecified atom stereocenters. The molecule has 104 valence electrons. The Morgan fingerprint density at radius 2 is 1.06 bits per heavy atom. The van der Waals surface area contributed by atoms with Gasteiger partial charge in [0.25, 0.3) is 0 Å². The monoisotopic (exact) mass is 246 g/mol. The highest BCUT2D eigenvalue weighted by molar-refractivity contribution is 4.60. The molecule has 0 atom stereocenters. The average Bonchev–Trinajstić information content (AvgIpc) is 2.15. The van der Waals surface area contributed by atoms with E-state index in [0.717, 1.165) is 26.1 Å². The van der Waals surface area contributed by atoms with Crippen LogP contribution in [0.1, 0.15) is 54.4 Å². The van der Waals surface area contributed by atoms with E-state index in [0.29, 0.717) is 12.2 Å². The zero-order valence-electron chi connectivity index (χ0n) is 12.4. The van der Waals surface area contributed by atoms with Gasteiger partial charge in [0.2, 0.25) is 0 Å². The van der Waals surface area contributed by atoms with E-state index in [4.69, 9.17) is 14.2 Å². The Labute approximate surface area is 107 Å². The van der Waals surface area contributed by atoms with Gasteiger partial charge in [-0.25, -0.2) is 0 Å². The fourth-order valence-corrected chi connectivity index (χ4v) is 1.54. The summed E-state index contributed by atoms with van der Waals surface area (Å²) in [7, 11) is 0. The van der Waals surface area contributed by atoms with Crippen LogP contribution in [0.3, 0.4) is 0 Å². The Hall–Kier alpha value is -0.120. The first-order valence-corrected chi connectivity index (χ1v) is 6.80. The molecular formula is C14H30O3. The predicted octanol–water partition coefficient (Wildman–Crippen LogP) is 3.41. The second kappa shape index (κ2) is 9.86. The third kappa shape index (κ3) is 12.1. The number of hydrogen-bond acceptors (Lipinski definition) is 3. The molecule has 0 fully saturated rings. The number of rotatable bonds is 10. The lowest BCUT2D eigenvalue weighted by atomic mass is 10.2. The van der Waals surface area contributed by atoms with E-state index < -0.39 is 0 Å². The quantitative estimate of drug-likeness (QED) is 0.591. The van der Waals surface area contributed by atoms with Gasteiger partial charge in [0, 0.05) is 13.2 Å². The molecule has 0 aliphatic carbocycles. The summed E-state index contributed by atoms with van der Waals surface area (Å²) in [5.74, 6) is 0. The highest BCUT2D eigenvalue weighted by Crippen LogP contribution is 2.09. The second-order valence-electron chi connectivity index (χ2n) is 5.22. The summed E-state index contributed by atoms with van der Waals surface area (Å²) in [6, 6.07) is 0. The van der Waals surface area contributed by atoms with E-state index in [1.165, 1.54) is 0 Å². The van der Waals surface area contributed by atoms with Crippen LogP contribution in [0, 0.1) is 0 Å². The maximum atomic E-state index is 5.85. The molecule has 0 amide bonds. The zero-order chi connectivity index (χ0) is 13.3. The van der Waals surface area contributed by atoms with Gasteiger partial charge in [0.1, 0.15) is 0 Å². The molecule has 3 nitrogen and oxygen atoms in total. The van der Waals surface area contributed by atoms with Crippen LogP contribution < -0.4 is 0 Å². The molecule has 0 aromatic heterocycles. The Morgan fingerprint density at radius 3 is 1.35 bits per heavy atom. The summed E-state index contributed by atoms with van der Waals surface area (Å²) >= 11 is 0. The third-order valence-electron chi connectivity index (χ3n) is 2.25. The molecule has 0 N–H and O–H groups in total. The molecule has 0 bridgehead atoms. The highest BCUT2D eigenvalue weighted by Gasteiger charge is 2.12. The van der Waals surface area contributed by atoms with E-state index in [1.807, 2.05) is 0 Å². The Kier molecular flexibility index (Phi) is 9.79. The predicted molar refractivity (Wildman–Crippen MR) is 71.4 cm³/mol. The van der Waals surface area contributed by atoms with Crippen molar-refractivity contribution in [2.24, 2.45) is 0 Å². The first-order chi connectivity index (χ1) is 7.91. The minimum atomic E-state index is 0.243. The van der Waals surface area contributed by atoms with Crippen molar-refractivity contribution in [3.8, 4) is 0 Å². The van der Waals surface area contributed by atoms with E-state index in [-0.39, 0.29) is 12.2 Å². The molecule has 0 rings (SSSR count). The highest BCUT2D eigenvalue weighted by atomic mass is 16.5. The summed E-state index contributed by atoms with van der Waals surface area (Å²) in [6.45, 7) is 13.9. The smallest absolute Gasteiger partial charge is 0.0622 e. The van der Waals surface area contributed by atoms with Crippen LogP contribution in [0.15, 0.2) is 0 Å². The van der Waals surface area contributed by atoms with Gasteiger partial charge in [-0.05, 0) is 54.4 Å². The van der Waals surface area contributed by atoms with Crippen LogP contribution in [-0.4, -0.2) is 37.6 Å². The lowest BCUT2D eigenvalue weighted by Crippen LogP contribution is -2.23. The van der Waals surface area contributed by atoms with Crippen LogP contribution in [0.5, 0.6) is 0 Å². The van der Waals surface area contributed by atoms with Gasteiger partial charge in [-0.15, -0.1) is 0 Å². The lowest BCUT2D eigenvalue weighted by molar-refractivity contribution is -0.0409. The van der Waals surface area contributed by atoms with Crippen molar-refractivity contribution in [2.75, 3.05) is 13.2 Å². The standard InChI is InChI=1S/C14H30O3/c1-11(2)15-9-7-14(17-13(5)6)8-10-16-12(3)4/h11-14H,7-10H2,1-6H3. The van der Waals surface area contributed by atoms with E-state index in [2.05, 4.69) is 41.5 Å². The van der Waals surface area contributed by atoms with Crippen LogP contribution in [0.2, 0.25) is 0 Å². The molecule has 0 aromatic rings. The van der Waals surface area contributed by atoms with Crippen LogP contribution >= 0.6 is 0 Å². The van der Waals surface area contributed by atoms with Crippen molar-refractivity contribution in [3.05, 3.63) is 0 Å². The molecule has 17 heavy (non-hydrogen) atoms. The third-order valence-corrected chi connectivity index (χ3v) is 2.25. The van der Waals surface area contributed by atoms with Crippen molar-refractivity contribution in [1.82, 2.24) is 0 Å². The summed E-state index contributed by atoms with van der Waals surface area (Å²) in [4.78, 5) is 0. The Morgan fingerprint density at radius 1 is 0.647 bits per heavy atom. The van der Waals surface area contributed by atoms with E-state index in [1.54, 1.807) is 0 Å². The molecular weight excluding hydrogens is 216 g/mol. The average molecular weight is 246 g/mol. The van der Waals surface area contributed by atoms with Gasteiger partial charge in [0.05, 0.1) is 24.4 Å². The van der Waals surface area contributed by atoms with Crippen molar-refractivity contribution in [2.45, 2.75) is 78.8 Å². The summed E-state index contributed by atoms with van der Waals surface area (Å²) in [5, 5.41) is 0. The molecule has 0 aliphatic rings. The molecule has 0 spiro atoms. The van der Waals surface area contributed by atoms with E-state index >= 15 is 0 Å². The topological polar surface area (TPSA) is 27.7 Å². The molecule has 0 saturated carbocycles. The lowest BCUT2D eigenvalue weighted by Gasteiger charge is -2.21. The Bertz CT molecular complexity index is 153. The maximum Gasteiger partial charge on any atom is 0.0622 e. The molecule has 0 heterocycles. The SMILES string of the molecule is CC(C)OCCC(CCOC(C)C)OC(C)C. The van der Waals surface area contributed by atoms with Gasteiger partial charge in [-0.1, -0.05) is 0 Å². The van der Waals surface area contributed by atoms with Crippen molar-refractivity contribution < 1.29 is 14.2 Å². The molecule has 0 aromatic carbocycles. The molecule has 3 heteroatoms. The summed E-state index contributed by atoms with van der Waals surface area (Å²) in [5.41, 5.74) is 0. The summed E-state index contributed by atoms with van der Waals surface area (Å²) < 4.78 is 17.0. The number of ether oxygens (including phenoxy) is 3. The zero-order valence-corrected chi connectivity index (χ0v) is 12.4. The molecule has 0 radical (unpaired) electrons. The van der Waals surface area contributed by atoms with Gasteiger partial charge in [0.15, 0.2) is 0 Å². The van der Waals surface area contributed by atoms with Crippen LogP contribution in [0.25, 0.3) is 0 Å². The molecule has 0 saturated heterocycles. The minimum absolute atomic E-state index is 0.243. The first-order valence-electron chi connectivity index (χ1n) is 6.80. The van der Waals surface area contributed by atoms with Crippen molar-refractivity contribution in [3.63, 3.8) is 0 Å². The number of hydrogen-bond donors (Lipinski definition) is 0. The Balaban J connectivity index is 3.79. The van der Waals surface area contributed by atoms with Gasteiger partial charge < -0.3 is 14.2 Å². The largest absolute Gasteiger partial charge is 0.379 e. The fourth-order valence-electron chi connectivity index (χ4n) is 1.54. The maximum absolute atomic E-state index is 5.85. The normalized spacial score (nSPS) is 12.4. The second-order valence-corrected chi connectivity index (χ2v) is 5.22. The first kappa shape index (κ1) is 16.9. The van der Waals surface area contributed by atoms with Crippen LogP contribution in [0.4, 0.5) is 0 Å². The van der Waals surface area contributed by atoms with Crippen molar-refractivity contribution >= 4 is 0 Å².